The molecule has 0 aromatic carbocycles. The highest BCUT2D eigenvalue weighted by Gasteiger charge is 2.29. The van der Waals surface area contributed by atoms with Crippen molar-refractivity contribution in [2.75, 3.05) is 45.8 Å². The van der Waals surface area contributed by atoms with Crippen molar-refractivity contribution in [3.63, 3.8) is 0 Å². The Kier molecular flexibility index (Phi) is 10.0. The smallest absolute Gasteiger partial charge is 0.193 e. The van der Waals surface area contributed by atoms with Crippen molar-refractivity contribution in [2.45, 2.75) is 52.5 Å². The van der Waals surface area contributed by atoms with E-state index in [1.807, 2.05) is 12.5 Å². The number of nitrogens with one attached hydrogen (secondary N) is 1. The summed E-state index contributed by atoms with van der Waals surface area (Å²) in [5.41, 5.74) is 0. The minimum Gasteiger partial charge on any atom is -0.357 e. The number of rotatable bonds is 6. The molecule has 2 atom stereocenters. The average molecular weight is 502 g/mol. The van der Waals surface area contributed by atoms with Crippen LogP contribution in [0.1, 0.15) is 52.5 Å². The van der Waals surface area contributed by atoms with Crippen LogP contribution in [-0.4, -0.2) is 71.1 Å². The van der Waals surface area contributed by atoms with E-state index in [1.54, 1.807) is 0 Å². The van der Waals surface area contributed by atoms with Gasteiger partial charge in [-0.3, -0.25) is 4.99 Å². The molecule has 6 nitrogen and oxygen atoms in total. The molecule has 1 aromatic rings. The first-order valence-corrected chi connectivity index (χ1v) is 10.9. The lowest BCUT2D eigenvalue weighted by Gasteiger charge is -2.39. The van der Waals surface area contributed by atoms with Crippen LogP contribution in [0.15, 0.2) is 23.7 Å². The van der Waals surface area contributed by atoms with Gasteiger partial charge in [0, 0.05) is 38.6 Å². The molecule has 0 radical (unpaired) electrons. The van der Waals surface area contributed by atoms with E-state index in [1.165, 1.54) is 45.3 Å². The SMILES string of the molecule is CCCN1CCC(CN=C(NCC)N2CCC(C)C(n3ccnc3)C2)CC1.I. The fourth-order valence-electron chi connectivity index (χ4n) is 4.45. The first-order chi connectivity index (χ1) is 13.2. The van der Waals surface area contributed by atoms with Crippen LogP contribution in [0.2, 0.25) is 0 Å². The molecule has 28 heavy (non-hydrogen) atoms. The van der Waals surface area contributed by atoms with Gasteiger partial charge in [-0.25, -0.2) is 4.98 Å². The van der Waals surface area contributed by atoms with Crippen LogP contribution in [0.4, 0.5) is 0 Å². The first-order valence-electron chi connectivity index (χ1n) is 10.9. The van der Waals surface area contributed by atoms with Gasteiger partial charge in [-0.15, -0.1) is 24.0 Å². The van der Waals surface area contributed by atoms with E-state index in [2.05, 4.69) is 51.6 Å². The summed E-state index contributed by atoms with van der Waals surface area (Å²) in [6.07, 6.45) is 11.0. The molecule has 2 saturated heterocycles. The summed E-state index contributed by atoms with van der Waals surface area (Å²) in [6.45, 7) is 14.5. The minimum absolute atomic E-state index is 0. The van der Waals surface area contributed by atoms with Gasteiger partial charge in [0.1, 0.15) is 0 Å². The number of hydrogen-bond donors (Lipinski definition) is 1. The topological polar surface area (TPSA) is 48.7 Å². The quantitative estimate of drug-likeness (QED) is 0.368. The van der Waals surface area contributed by atoms with Crippen molar-refractivity contribution < 1.29 is 0 Å². The Bertz CT molecular complexity index is 567. The summed E-state index contributed by atoms with van der Waals surface area (Å²) in [5.74, 6) is 2.51. The Morgan fingerprint density at radius 3 is 2.61 bits per heavy atom. The van der Waals surface area contributed by atoms with Crippen LogP contribution in [0.3, 0.4) is 0 Å². The normalized spacial score (nSPS) is 24.8. The Morgan fingerprint density at radius 1 is 1.18 bits per heavy atom. The number of piperidine rings is 2. The fourth-order valence-corrected chi connectivity index (χ4v) is 4.45. The van der Waals surface area contributed by atoms with Gasteiger partial charge in [0.05, 0.1) is 12.4 Å². The van der Waals surface area contributed by atoms with Crippen LogP contribution in [0.5, 0.6) is 0 Å². The highest BCUT2D eigenvalue weighted by Crippen LogP contribution is 2.27. The van der Waals surface area contributed by atoms with Crippen LogP contribution >= 0.6 is 24.0 Å². The predicted octanol–water partition coefficient (Wildman–Crippen LogP) is 3.47. The maximum atomic E-state index is 5.06. The maximum Gasteiger partial charge on any atom is 0.193 e. The van der Waals surface area contributed by atoms with E-state index in [0.717, 1.165) is 38.1 Å². The average Bonchev–Trinajstić information content (AvgIpc) is 3.22. The molecule has 0 spiro atoms. The summed E-state index contributed by atoms with van der Waals surface area (Å²) in [6, 6.07) is 0.474. The second kappa shape index (κ2) is 12.0. The molecule has 2 aliphatic heterocycles. The summed E-state index contributed by atoms with van der Waals surface area (Å²) in [4.78, 5) is 14.4. The predicted molar refractivity (Wildman–Crippen MR) is 127 cm³/mol. The zero-order valence-electron chi connectivity index (χ0n) is 17.9. The van der Waals surface area contributed by atoms with Gasteiger partial charge in [0.2, 0.25) is 0 Å². The van der Waals surface area contributed by atoms with Crippen molar-refractivity contribution >= 4 is 29.9 Å². The third-order valence-electron chi connectivity index (χ3n) is 6.21. The molecule has 7 heteroatoms. The highest BCUT2D eigenvalue weighted by atomic mass is 127. The summed E-state index contributed by atoms with van der Waals surface area (Å²) in [5, 5.41) is 3.54. The third kappa shape index (κ3) is 6.34. The number of aliphatic imine (C=N–C) groups is 1. The molecule has 1 N–H and O–H groups in total. The van der Waals surface area contributed by atoms with E-state index in [4.69, 9.17) is 4.99 Å². The fraction of sp³-hybridized carbons (Fsp3) is 0.810. The number of imidazole rings is 1. The molecular formula is C21H39IN6. The van der Waals surface area contributed by atoms with Crippen molar-refractivity contribution in [3.05, 3.63) is 18.7 Å². The van der Waals surface area contributed by atoms with E-state index in [9.17, 15) is 0 Å². The number of guanidine groups is 1. The van der Waals surface area contributed by atoms with E-state index >= 15 is 0 Å². The monoisotopic (exact) mass is 502 g/mol. The molecule has 3 rings (SSSR count). The third-order valence-corrected chi connectivity index (χ3v) is 6.21. The number of nitrogens with zero attached hydrogens (tertiary/aromatic N) is 5. The second-order valence-corrected chi connectivity index (χ2v) is 8.27. The molecule has 0 aliphatic carbocycles. The Hall–Kier alpha value is -0.830. The molecule has 0 saturated carbocycles. The summed E-state index contributed by atoms with van der Waals surface area (Å²) >= 11 is 0. The van der Waals surface area contributed by atoms with Gasteiger partial charge in [0.15, 0.2) is 5.96 Å². The lowest BCUT2D eigenvalue weighted by molar-refractivity contribution is 0.183. The maximum absolute atomic E-state index is 5.06. The largest absolute Gasteiger partial charge is 0.357 e. The van der Waals surface area contributed by atoms with Crippen LogP contribution < -0.4 is 5.32 Å². The van der Waals surface area contributed by atoms with Gasteiger partial charge >= 0.3 is 0 Å². The standard InChI is InChI=1S/C21H38N6.HI/c1-4-10-25-11-7-19(8-12-25)15-24-21(23-5-2)26-13-6-18(3)20(16-26)27-14-9-22-17-27;/h9,14,17-20H,4-8,10-13,15-16H2,1-3H3,(H,23,24);1H. The molecule has 2 fully saturated rings. The van der Waals surface area contributed by atoms with Crippen molar-refractivity contribution in [3.8, 4) is 0 Å². The highest BCUT2D eigenvalue weighted by molar-refractivity contribution is 14.0. The second-order valence-electron chi connectivity index (χ2n) is 8.27. The van der Waals surface area contributed by atoms with Gasteiger partial charge in [-0.2, -0.15) is 0 Å². The molecule has 0 amide bonds. The Morgan fingerprint density at radius 2 is 1.96 bits per heavy atom. The summed E-state index contributed by atoms with van der Waals surface area (Å²) < 4.78 is 2.27. The number of hydrogen-bond acceptors (Lipinski definition) is 3. The van der Waals surface area contributed by atoms with E-state index < -0.39 is 0 Å². The zero-order chi connectivity index (χ0) is 19.1. The lowest BCUT2D eigenvalue weighted by atomic mass is 9.93. The zero-order valence-corrected chi connectivity index (χ0v) is 20.2. The first kappa shape index (κ1) is 23.4. The van der Waals surface area contributed by atoms with Crippen LogP contribution in [0.25, 0.3) is 0 Å². The van der Waals surface area contributed by atoms with E-state index in [0.29, 0.717) is 12.0 Å². The van der Waals surface area contributed by atoms with Gasteiger partial charge < -0.3 is 19.7 Å². The van der Waals surface area contributed by atoms with Crippen molar-refractivity contribution in [1.82, 2.24) is 24.7 Å². The van der Waals surface area contributed by atoms with Crippen molar-refractivity contribution in [2.24, 2.45) is 16.8 Å². The van der Waals surface area contributed by atoms with E-state index in [-0.39, 0.29) is 24.0 Å². The minimum atomic E-state index is 0. The summed E-state index contributed by atoms with van der Waals surface area (Å²) in [7, 11) is 0. The molecule has 1 aromatic heterocycles. The lowest BCUT2D eigenvalue weighted by Crippen LogP contribution is -2.49. The number of likely N-dealkylation sites (tertiary alicyclic amines) is 2. The molecule has 2 unspecified atom stereocenters. The number of aromatic nitrogens is 2. The van der Waals surface area contributed by atoms with Gasteiger partial charge in [-0.1, -0.05) is 13.8 Å². The van der Waals surface area contributed by atoms with Gasteiger partial charge in [-0.05, 0) is 64.1 Å². The molecule has 2 aliphatic rings. The van der Waals surface area contributed by atoms with Crippen LogP contribution in [0, 0.1) is 11.8 Å². The Balaban J connectivity index is 0.00000280. The molecule has 160 valence electrons. The molecule has 3 heterocycles. The number of halogens is 1. The molecule has 0 bridgehead atoms. The van der Waals surface area contributed by atoms with Gasteiger partial charge in [0.25, 0.3) is 0 Å². The van der Waals surface area contributed by atoms with Crippen molar-refractivity contribution in [1.29, 1.82) is 0 Å². The molecular weight excluding hydrogens is 463 g/mol. The van der Waals surface area contributed by atoms with Crippen LogP contribution in [-0.2, 0) is 0 Å². The Labute approximate surface area is 188 Å².